The van der Waals surface area contributed by atoms with Gasteiger partial charge in [-0.25, -0.2) is 9.38 Å². The van der Waals surface area contributed by atoms with E-state index in [0.29, 0.717) is 28.2 Å². The van der Waals surface area contributed by atoms with Crippen LogP contribution in [0.2, 0.25) is 0 Å². The molecule has 0 aliphatic carbocycles. The Morgan fingerprint density at radius 1 is 1.09 bits per heavy atom. The summed E-state index contributed by atoms with van der Waals surface area (Å²) in [6.45, 7) is 4.66. The molecule has 0 atom stereocenters. The first-order valence-electron chi connectivity index (χ1n) is 10.6. The van der Waals surface area contributed by atoms with Gasteiger partial charge >= 0.3 is 0 Å². The van der Waals surface area contributed by atoms with E-state index in [1.54, 1.807) is 12.1 Å². The number of aliphatic imine (C=N–C) groups is 1. The molecule has 0 saturated carbocycles. The third-order valence-electron chi connectivity index (χ3n) is 4.84. The van der Waals surface area contributed by atoms with E-state index in [1.165, 1.54) is 23.9 Å². The first kappa shape index (κ1) is 24.3. The van der Waals surface area contributed by atoms with Crippen LogP contribution < -0.4 is 14.8 Å². The van der Waals surface area contributed by atoms with Gasteiger partial charge in [-0.2, -0.15) is 0 Å². The summed E-state index contributed by atoms with van der Waals surface area (Å²) in [6, 6.07) is 17.8. The quantitative estimate of drug-likeness (QED) is 0.250. The molecule has 0 spiro atoms. The Balaban J connectivity index is 1.54. The Bertz CT molecular complexity index is 1260. The lowest BCUT2D eigenvalue weighted by Crippen LogP contribution is -2.19. The van der Waals surface area contributed by atoms with Gasteiger partial charge in [-0.3, -0.25) is 4.79 Å². The second-order valence-corrected chi connectivity index (χ2v) is 9.69. The Labute approximate surface area is 215 Å². The SMILES string of the molecule is CCOc1cc(/C=C2/SC(=Nc3ccc(C)cc3)NC2=O)cc(I)c1OCc1ccc(F)cc1. The second kappa shape index (κ2) is 11.1. The number of halogens is 2. The van der Waals surface area contributed by atoms with Gasteiger partial charge in [0.25, 0.3) is 5.91 Å². The van der Waals surface area contributed by atoms with Crippen LogP contribution in [-0.2, 0) is 11.4 Å². The van der Waals surface area contributed by atoms with Crippen molar-refractivity contribution in [3.8, 4) is 11.5 Å². The van der Waals surface area contributed by atoms with Crippen molar-refractivity contribution in [1.82, 2.24) is 5.32 Å². The van der Waals surface area contributed by atoms with E-state index in [2.05, 4.69) is 32.9 Å². The number of thioether (sulfide) groups is 1. The zero-order valence-electron chi connectivity index (χ0n) is 18.6. The summed E-state index contributed by atoms with van der Waals surface area (Å²) in [4.78, 5) is 17.6. The summed E-state index contributed by atoms with van der Waals surface area (Å²) in [6.07, 6.45) is 1.81. The smallest absolute Gasteiger partial charge is 0.264 e. The molecule has 8 heteroatoms. The van der Waals surface area contributed by atoms with Crippen molar-refractivity contribution in [3.63, 3.8) is 0 Å². The van der Waals surface area contributed by atoms with Crippen molar-refractivity contribution >= 4 is 57.2 Å². The second-order valence-electron chi connectivity index (χ2n) is 7.50. The largest absolute Gasteiger partial charge is 0.490 e. The van der Waals surface area contributed by atoms with Crippen LogP contribution in [0.1, 0.15) is 23.6 Å². The van der Waals surface area contributed by atoms with E-state index < -0.39 is 0 Å². The molecule has 1 aliphatic heterocycles. The Morgan fingerprint density at radius 2 is 1.82 bits per heavy atom. The van der Waals surface area contributed by atoms with Crippen LogP contribution in [0.5, 0.6) is 11.5 Å². The predicted octanol–water partition coefficient (Wildman–Crippen LogP) is 6.61. The minimum absolute atomic E-state index is 0.194. The molecule has 0 bridgehead atoms. The first-order valence-corrected chi connectivity index (χ1v) is 12.5. The van der Waals surface area contributed by atoms with Crippen LogP contribution in [0.15, 0.2) is 70.6 Å². The lowest BCUT2D eigenvalue weighted by Gasteiger charge is -2.15. The number of aryl methyl sites for hydroxylation is 1. The number of hydrogen-bond donors (Lipinski definition) is 1. The highest BCUT2D eigenvalue weighted by molar-refractivity contribution is 14.1. The number of amides is 1. The molecule has 1 heterocycles. The highest BCUT2D eigenvalue weighted by Crippen LogP contribution is 2.37. The Morgan fingerprint density at radius 3 is 2.53 bits per heavy atom. The number of nitrogens with zero attached hydrogens (tertiary/aromatic N) is 1. The molecule has 1 fully saturated rings. The van der Waals surface area contributed by atoms with E-state index in [9.17, 15) is 9.18 Å². The normalized spacial score (nSPS) is 15.6. The molecule has 174 valence electrons. The van der Waals surface area contributed by atoms with Gasteiger partial charge in [0.2, 0.25) is 0 Å². The summed E-state index contributed by atoms with van der Waals surface area (Å²) < 4.78 is 25.8. The van der Waals surface area contributed by atoms with Crippen molar-refractivity contribution in [2.24, 2.45) is 4.99 Å². The molecular formula is C26H22FIN2O3S. The van der Waals surface area contributed by atoms with Crippen molar-refractivity contribution in [1.29, 1.82) is 0 Å². The Hall–Kier alpha value is -2.85. The molecule has 4 rings (SSSR count). The number of benzene rings is 3. The van der Waals surface area contributed by atoms with Crippen molar-refractivity contribution < 1.29 is 18.7 Å². The van der Waals surface area contributed by atoms with Gasteiger partial charge in [-0.1, -0.05) is 29.8 Å². The topological polar surface area (TPSA) is 59.9 Å². The van der Waals surface area contributed by atoms with E-state index in [0.717, 1.165) is 25.9 Å². The highest BCUT2D eigenvalue weighted by Gasteiger charge is 2.24. The summed E-state index contributed by atoms with van der Waals surface area (Å²) in [7, 11) is 0. The average Bonchev–Trinajstić information content (AvgIpc) is 3.14. The van der Waals surface area contributed by atoms with Crippen LogP contribution in [0.3, 0.4) is 0 Å². The fourth-order valence-electron chi connectivity index (χ4n) is 3.18. The van der Waals surface area contributed by atoms with Crippen molar-refractivity contribution in [3.05, 3.63) is 91.6 Å². The molecule has 3 aromatic carbocycles. The molecule has 1 N–H and O–H groups in total. The molecule has 1 saturated heterocycles. The van der Waals surface area contributed by atoms with Gasteiger partial charge in [0, 0.05) is 0 Å². The maximum atomic E-state index is 13.2. The molecule has 0 aromatic heterocycles. The summed E-state index contributed by atoms with van der Waals surface area (Å²) in [5.41, 5.74) is 3.60. The highest BCUT2D eigenvalue weighted by atomic mass is 127. The van der Waals surface area contributed by atoms with Gasteiger partial charge in [-0.05, 0) is 102 Å². The summed E-state index contributed by atoms with van der Waals surface area (Å²) in [5.74, 6) is 0.714. The van der Waals surface area contributed by atoms with E-state index >= 15 is 0 Å². The number of carbonyl (C=O) groups excluding carboxylic acids is 1. The fraction of sp³-hybridized carbons (Fsp3) is 0.154. The van der Waals surface area contributed by atoms with Gasteiger partial charge in [0.05, 0.1) is 20.8 Å². The number of nitrogens with one attached hydrogen (secondary N) is 1. The van der Waals surface area contributed by atoms with Gasteiger partial charge in [0.15, 0.2) is 16.7 Å². The monoisotopic (exact) mass is 588 g/mol. The minimum atomic E-state index is -0.286. The Kier molecular flexibility index (Phi) is 7.89. The molecular weight excluding hydrogens is 566 g/mol. The zero-order chi connectivity index (χ0) is 24.1. The molecule has 3 aromatic rings. The maximum Gasteiger partial charge on any atom is 0.264 e. The van der Waals surface area contributed by atoms with Gasteiger partial charge in [0.1, 0.15) is 12.4 Å². The summed E-state index contributed by atoms with van der Waals surface area (Å²) in [5, 5.41) is 3.36. The fourth-order valence-corrected chi connectivity index (χ4v) is 4.80. The molecule has 5 nitrogen and oxygen atoms in total. The average molecular weight is 588 g/mol. The third kappa shape index (κ3) is 6.18. The van der Waals surface area contributed by atoms with Crippen LogP contribution in [0, 0.1) is 16.3 Å². The maximum absolute atomic E-state index is 13.2. The third-order valence-corrected chi connectivity index (χ3v) is 6.55. The van der Waals surface area contributed by atoms with Crippen LogP contribution in [0.25, 0.3) is 6.08 Å². The molecule has 1 aliphatic rings. The number of rotatable bonds is 7. The lowest BCUT2D eigenvalue weighted by molar-refractivity contribution is -0.115. The molecule has 34 heavy (non-hydrogen) atoms. The van der Waals surface area contributed by atoms with Gasteiger partial charge < -0.3 is 14.8 Å². The number of hydrogen-bond acceptors (Lipinski definition) is 5. The first-order chi connectivity index (χ1) is 16.4. The standard InChI is InChI=1S/C26H22FIN2O3S/c1-3-32-22-13-18(12-21(28)24(22)33-15-17-6-8-19(27)9-7-17)14-23-25(31)30-26(34-23)29-20-10-4-16(2)5-11-20/h4-14H,3,15H2,1-2H3,(H,29,30,31)/b23-14+. The number of carbonyl (C=O) groups is 1. The number of ether oxygens (including phenoxy) is 2. The molecule has 0 radical (unpaired) electrons. The number of amidine groups is 1. The van der Waals surface area contributed by atoms with Crippen molar-refractivity contribution in [2.45, 2.75) is 20.5 Å². The van der Waals surface area contributed by atoms with Crippen LogP contribution in [-0.4, -0.2) is 17.7 Å². The lowest BCUT2D eigenvalue weighted by atomic mass is 10.1. The van der Waals surface area contributed by atoms with Crippen LogP contribution in [0.4, 0.5) is 10.1 Å². The van der Waals surface area contributed by atoms with E-state index in [4.69, 9.17) is 9.47 Å². The van der Waals surface area contributed by atoms with Crippen LogP contribution >= 0.6 is 34.4 Å². The molecule has 1 amide bonds. The zero-order valence-corrected chi connectivity index (χ0v) is 21.6. The van der Waals surface area contributed by atoms with Crippen molar-refractivity contribution in [2.75, 3.05) is 6.61 Å². The predicted molar refractivity (Wildman–Crippen MR) is 143 cm³/mol. The van der Waals surface area contributed by atoms with E-state index in [-0.39, 0.29) is 18.3 Å². The van der Waals surface area contributed by atoms with Gasteiger partial charge in [-0.15, -0.1) is 0 Å². The van der Waals surface area contributed by atoms with E-state index in [1.807, 2.05) is 56.3 Å². The molecule has 0 unspecified atom stereocenters. The summed E-state index contributed by atoms with van der Waals surface area (Å²) >= 11 is 3.48. The minimum Gasteiger partial charge on any atom is -0.490 e.